The van der Waals surface area contributed by atoms with Gasteiger partial charge >= 0.3 is 0 Å². The summed E-state index contributed by atoms with van der Waals surface area (Å²) in [6.07, 6.45) is 51.0. The molecule has 3 heteroatoms. The minimum Gasteiger partial charge on any atom is -0.164 e. The molecule has 0 heterocycles. The van der Waals surface area contributed by atoms with E-state index in [1.165, 1.54) is 167 Å². The van der Waals surface area contributed by atoms with E-state index in [9.17, 15) is 0 Å². The monoisotopic (exact) mass is 552 g/mol. The molecule has 0 aliphatic carbocycles. The van der Waals surface area contributed by atoms with Gasteiger partial charge in [0.1, 0.15) is 0 Å². The molecular weight excluding hydrogens is 483 g/mol. The molecule has 223 valence electrons. The Morgan fingerprint density at radius 1 is 0.308 bits per heavy atom. The van der Waals surface area contributed by atoms with Gasteiger partial charge in [-0.3, -0.25) is 0 Å². The third kappa shape index (κ3) is 40.0. The van der Waals surface area contributed by atoms with Crippen molar-refractivity contribution in [2.45, 2.75) is 194 Å². The van der Waals surface area contributed by atoms with Crippen LogP contribution in [0.3, 0.4) is 0 Å². The Kier molecular flexibility index (Phi) is 42.0. The van der Waals surface area contributed by atoms with E-state index in [0.29, 0.717) is 0 Å². The predicted molar refractivity (Wildman–Crippen MR) is 182 cm³/mol. The molecule has 0 unspecified atom stereocenters. The molecule has 0 aliphatic heterocycles. The van der Waals surface area contributed by atoms with E-state index in [4.69, 9.17) is 0 Å². The molecule has 0 saturated heterocycles. The summed E-state index contributed by atoms with van der Waals surface area (Å²) >= 11 is 0. The van der Waals surface area contributed by atoms with Gasteiger partial charge < -0.3 is 0 Å². The van der Waals surface area contributed by atoms with Gasteiger partial charge in [0.15, 0.2) is 0 Å². The van der Waals surface area contributed by atoms with Crippen LogP contribution in [0.5, 0.6) is 0 Å². The van der Waals surface area contributed by atoms with Gasteiger partial charge in [-0.2, -0.15) is 10.2 Å². The van der Waals surface area contributed by atoms with Crippen LogP contribution in [-0.2, 0) is 0 Å². The van der Waals surface area contributed by atoms with Gasteiger partial charge in [0, 0.05) is 42.0 Å². The average Bonchev–Trinajstić information content (AvgIpc) is 2.93. The quantitative estimate of drug-likeness (QED) is 0.0269. The van der Waals surface area contributed by atoms with Crippen LogP contribution >= 0.6 is 0 Å². The van der Waals surface area contributed by atoms with E-state index in [-0.39, 0.29) is 29.6 Å². The molecule has 0 atom stereocenters. The molecule has 0 aromatic carbocycles. The van der Waals surface area contributed by atoms with Crippen LogP contribution in [0.1, 0.15) is 194 Å². The summed E-state index contributed by atoms with van der Waals surface area (Å²) in [6, 6.07) is 0. The maximum atomic E-state index is 4.21. The van der Waals surface area contributed by atoms with Gasteiger partial charge in [-0.1, -0.05) is 141 Å². The van der Waals surface area contributed by atoms with Crippen molar-refractivity contribution < 1.29 is 0 Å². The smallest absolute Gasteiger partial charge is 0.0270 e. The molecular formula is C36H68N2Na. The van der Waals surface area contributed by atoms with Crippen molar-refractivity contribution in [3.8, 4) is 0 Å². The van der Waals surface area contributed by atoms with Crippen LogP contribution in [0.2, 0.25) is 0 Å². The van der Waals surface area contributed by atoms with Crippen LogP contribution in [0, 0.1) is 0 Å². The first-order valence-corrected chi connectivity index (χ1v) is 17.2. The van der Waals surface area contributed by atoms with E-state index in [1.807, 2.05) is 12.4 Å². The third-order valence-corrected chi connectivity index (χ3v) is 7.42. The second-order valence-electron chi connectivity index (χ2n) is 11.3. The largest absolute Gasteiger partial charge is 0.164 e. The fourth-order valence-electron chi connectivity index (χ4n) is 4.82. The Hall–Kier alpha value is -0.180. The second-order valence-corrected chi connectivity index (χ2v) is 11.3. The SMILES string of the molecule is CCCCCCCC/C=C\CCCCCCC/C=N/N=C/CCCCCCC/C=C\CCCCCCCC.[Na]. The summed E-state index contributed by atoms with van der Waals surface area (Å²) in [5.74, 6) is 0. The first-order valence-electron chi connectivity index (χ1n) is 17.2. The van der Waals surface area contributed by atoms with Crippen LogP contribution < -0.4 is 0 Å². The fraction of sp³-hybridized carbons (Fsp3) is 0.833. The van der Waals surface area contributed by atoms with Crippen molar-refractivity contribution >= 4 is 42.0 Å². The van der Waals surface area contributed by atoms with E-state index in [2.05, 4.69) is 48.4 Å². The maximum Gasteiger partial charge on any atom is 0.0270 e. The molecule has 0 aliphatic rings. The van der Waals surface area contributed by atoms with Gasteiger partial charge in [-0.05, 0) is 77.0 Å². The molecule has 0 N–H and O–H groups in total. The van der Waals surface area contributed by atoms with Gasteiger partial charge in [0.05, 0.1) is 0 Å². The Morgan fingerprint density at radius 2 is 0.538 bits per heavy atom. The van der Waals surface area contributed by atoms with Gasteiger partial charge in [-0.25, -0.2) is 0 Å². The van der Waals surface area contributed by atoms with Crippen LogP contribution in [0.4, 0.5) is 0 Å². The molecule has 0 aromatic rings. The van der Waals surface area contributed by atoms with Crippen LogP contribution in [-0.4, -0.2) is 42.0 Å². The topological polar surface area (TPSA) is 24.7 Å². The first-order chi connectivity index (χ1) is 18.9. The Balaban J connectivity index is 0. The number of hydrogen-bond acceptors (Lipinski definition) is 2. The number of hydrogen-bond donors (Lipinski definition) is 0. The zero-order valence-electron chi connectivity index (χ0n) is 27.2. The molecule has 0 aromatic heterocycles. The molecule has 39 heavy (non-hydrogen) atoms. The van der Waals surface area contributed by atoms with Crippen molar-refractivity contribution in [1.29, 1.82) is 0 Å². The summed E-state index contributed by atoms with van der Waals surface area (Å²) in [4.78, 5) is 0. The maximum absolute atomic E-state index is 4.21. The minimum absolute atomic E-state index is 0. The molecule has 0 amide bonds. The Morgan fingerprint density at radius 3 is 0.821 bits per heavy atom. The standard InChI is InChI=1S/C36H68N2.Na/c1-3-5-7-9-11-13-15-17-19-21-23-25-27-29-31-33-35-37-38-36-34-32-30-28-26-24-22-20-18-16-14-12-10-8-6-4-2;/h17-20,35-36H,3-16,21-34H2,1-2H3;/b19-17-,20-18-,37-35+,38-36+;. The van der Waals surface area contributed by atoms with Gasteiger partial charge in [0.2, 0.25) is 0 Å². The molecule has 2 nitrogen and oxygen atoms in total. The van der Waals surface area contributed by atoms with Crippen LogP contribution in [0.15, 0.2) is 34.5 Å². The van der Waals surface area contributed by atoms with Gasteiger partial charge in [-0.15, -0.1) is 0 Å². The molecule has 0 rings (SSSR count). The number of nitrogens with zero attached hydrogens (tertiary/aromatic N) is 2. The summed E-state index contributed by atoms with van der Waals surface area (Å²) in [6.45, 7) is 4.57. The van der Waals surface area contributed by atoms with E-state index >= 15 is 0 Å². The van der Waals surface area contributed by atoms with Crippen molar-refractivity contribution in [2.24, 2.45) is 10.2 Å². The number of unbranched alkanes of at least 4 members (excludes halogenated alkanes) is 24. The first kappa shape index (κ1) is 41.0. The van der Waals surface area contributed by atoms with Crippen molar-refractivity contribution in [2.75, 3.05) is 0 Å². The normalized spacial score (nSPS) is 12.1. The van der Waals surface area contributed by atoms with E-state index in [0.717, 1.165) is 12.8 Å². The zero-order chi connectivity index (χ0) is 27.5. The Bertz CT molecular complexity index is 490. The van der Waals surface area contributed by atoms with Crippen molar-refractivity contribution in [3.05, 3.63) is 24.3 Å². The number of allylic oxidation sites excluding steroid dienone is 4. The van der Waals surface area contributed by atoms with Gasteiger partial charge in [0.25, 0.3) is 0 Å². The summed E-state index contributed by atoms with van der Waals surface area (Å²) in [5.41, 5.74) is 0. The molecule has 1 radical (unpaired) electrons. The van der Waals surface area contributed by atoms with Crippen molar-refractivity contribution in [3.63, 3.8) is 0 Å². The van der Waals surface area contributed by atoms with Crippen LogP contribution in [0.25, 0.3) is 0 Å². The van der Waals surface area contributed by atoms with Crippen molar-refractivity contribution in [1.82, 2.24) is 0 Å². The summed E-state index contributed by atoms with van der Waals surface area (Å²) < 4.78 is 0. The Labute approximate surface area is 268 Å². The fourth-order valence-corrected chi connectivity index (χ4v) is 4.82. The van der Waals surface area contributed by atoms with E-state index < -0.39 is 0 Å². The second kappa shape index (κ2) is 40.0. The third-order valence-electron chi connectivity index (χ3n) is 7.42. The minimum atomic E-state index is 0. The molecule has 0 fully saturated rings. The predicted octanol–water partition coefficient (Wildman–Crippen LogP) is 12.7. The molecule has 0 saturated carbocycles. The molecule has 0 spiro atoms. The summed E-state index contributed by atoms with van der Waals surface area (Å²) in [5, 5.41) is 8.42. The summed E-state index contributed by atoms with van der Waals surface area (Å²) in [7, 11) is 0. The average molecular weight is 552 g/mol. The zero-order valence-corrected chi connectivity index (χ0v) is 29.2. The number of rotatable bonds is 31. The molecule has 0 bridgehead atoms. The van der Waals surface area contributed by atoms with E-state index in [1.54, 1.807) is 0 Å².